The quantitative estimate of drug-likeness (QED) is 0.652. The van der Waals surface area contributed by atoms with Gasteiger partial charge in [-0.2, -0.15) is 4.68 Å². The van der Waals surface area contributed by atoms with E-state index in [4.69, 9.17) is 4.74 Å². The molecule has 5 heterocycles. The maximum Gasteiger partial charge on any atom is 0.336 e. The zero-order chi connectivity index (χ0) is 22.3. The average molecular weight is 439 g/mol. The number of aliphatic hydroxyl groups excluding tert-OH is 1. The monoisotopic (exact) mass is 439 g/mol. The molecule has 0 aliphatic carbocycles. The number of amides is 1. The minimum atomic E-state index is -0.676. The van der Waals surface area contributed by atoms with Gasteiger partial charge in [0, 0.05) is 24.8 Å². The molecule has 5 rings (SSSR count). The van der Waals surface area contributed by atoms with Crippen LogP contribution in [0.25, 0.3) is 5.82 Å². The fourth-order valence-corrected chi connectivity index (χ4v) is 4.80. The van der Waals surface area contributed by atoms with Gasteiger partial charge in [-0.25, -0.2) is 9.78 Å². The van der Waals surface area contributed by atoms with Gasteiger partial charge in [-0.05, 0) is 55.8 Å². The normalized spacial score (nSPS) is 22.1. The van der Waals surface area contributed by atoms with Gasteiger partial charge in [0.05, 0.1) is 22.8 Å². The van der Waals surface area contributed by atoms with Gasteiger partial charge in [-0.3, -0.25) is 4.79 Å². The van der Waals surface area contributed by atoms with E-state index < -0.39 is 6.10 Å². The standard InChI is InChI=1S/C21H25N7O4/c1-14-16(12-32-19(14)30)27-9-6-21(20(27)31)4-7-26(8-5-21)11-17(29)15-2-3-18(22-10-15)28-13-23-24-25-28/h2-3,10,13,17,29H,4-9,11-12H2,1H3/t17-/m0/s1. The molecule has 11 nitrogen and oxygen atoms in total. The number of cyclic esters (lactones) is 1. The molecule has 11 heteroatoms. The number of likely N-dealkylation sites (tertiary alicyclic amines) is 2. The van der Waals surface area contributed by atoms with Crippen LogP contribution >= 0.6 is 0 Å². The number of piperidine rings is 1. The lowest BCUT2D eigenvalue weighted by atomic mass is 9.77. The lowest BCUT2D eigenvalue weighted by molar-refractivity contribution is -0.138. The highest BCUT2D eigenvalue weighted by atomic mass is 16.5. The van der Waals surface area contributed by atoms with Crippen LogP contribution in [-0.4, -0.2) is 84.8 Å². The summed E-state index contributed by atoms with van der Waals surface area (Å²) < 4.78 is 6.54. The number of hydrogen-bond donors (Lipinski definition) is 1. The Morgan fingerprint density at radius 2 is 1.97 bits per heavy atom. The van der Waals surface area contributed by atoms with E-state index in [1.54, 1.807) is 24.1 Å². The highest BCUT2D eigenvalue weighted by Crippen LogP contribution is 2.43. The molecule has 3 aliphatic rings. The molecule has 1 amide bonds. The van der Waals surface area contributed by atoms with Gasteiger partial charge >= 0.3 is 5.97 Å². The average Bonchev–Trinajstić information content (AvgIpc) is 3.53. The number of tetrazole rings is 1. The summed E-state index contributed by atoms with van der Waals surface area (Å²) in [5, 5.41) is 21.7. The summed E-state index contributed by atoms with van der Waals surface area (Å²) in [5.41, 5.74) is 1.59. The molecule has 0 radical (unpaired) electrons. The number of aliphatic hydroxyl groups is 1. The third-order valence-corrected chi connectivity index (χ3v) is 6.90. The van der Waals surface area contributed by atoms with Crippen molar-refractivity contribution in [1.29, 1.82) is 0 Å². The topological polar surface area (TPSA) is 127 Å². The first-order valence-electron chi connectivity index (χ1n) is 10.8. The smallest absolute Gasteiger partial charge is 0.336 e. The lowest BCUT2D eigenvalue weighted by Gasteiger charge is -2.38. The third-order valence-electron chi connectivity index (χ3n) is 6.90. The van der Waals surface area contributed by atoms with Crippen LogP contribution in [0.3, 0.4) is 0 Å². The lowest BCUT2D eigenvalue weighted by Crippen LogP contribution is -2.45. The molecule has 1 N–H and O–H groups in total. The predicted molar refractivity (Wildman–Crippen MR) is 110 cm³/mol. The molecule has 0 unspecified atom stereocenters. The van der Waals surface area contributed by atoms with Crippen LogP contribution in [-0.2, 0) is 14.3 Å². The Balaban J connectivity index is 1.18. The Morgan fingerprint density at radius 1 is 1.19 bits per heavy atom. The molecule has 1 spiro atoms. The molecule has 2 fully saturated rings. The Hall–Kier alpha value is -3.18. The number of carbonyl (C=O) groups is 2. The molecular formula is C21H25N7O4. The van der Waals surface area contributed by atoms with Crippen molar-refractivity contribution in [2.75, 3.05) is 32.8 Å². The summed E-state index contributed by atoms with van der Waals surface area (Å²) in [6, 6.07) is 3.58. The van der Waals surface area contributed by atoms with Gasteiger partial charge in [0.2, 0.25) is 5.91 Å². The van der Waals surface area contributed by atoms with Crippen molar-refractivity contribution in [2.45, 2.75) is 32.3 Å². The van der Waals surface area contributed by atoms with Crippen molar-refractivity contribution in [2.24, 2.45) is 5.41 Å². The van der Waals surface area contributed by atoms with E-state index in [9.17, 15) is 14.7 Å². The number of β-amino-alcohol motifs (C(OH)–C–C–N with tert-alkyl or cyclic N) is 1. The van der Waals surface area contributed by atoms with Crippen LogP contribution in [0.15, 0.2) is 35.9 Å². The van der Waals surface area contributed by atoms with Gasteiger partial charge in [-0.15, -0.1) is 5.10 Å². The summed E-state index contributed by atoms with van der Waals surface area (Å²) in [6.07, 6.45) is 4.69. The van der Waals surface area contributed by atoms with Crippen LogP contribution < -0.4 is 0 Å². The molecule has 2 aromatic rings. The molecule has 0 saturated carbocycles. The summed E-state index contributed by atoms with van der Waals surface area (Å²) in [6.45, 7) is 4.49. The second-order valence-electron chi connectivity index (χ2n) is 8.66. The first-order valence-corrected chi connectivity index (χ1v) is 10.8. The van der Waals surface area contributed by atoms with E-state index in [-0.39, 0.29) is 23.9 Å². The number of esters is 1. The number of nitrogens with zero attached hydrogens (tertiary/aromatic N) is 7. The first-order chi connectivity index (χ1) is 15.5. The SMILES string of the molecule is CC1=C(N2CCC3(CCN(C[C@H](O)c4ccc(-n5cnnn5)nc4)CC3)C2=O)COC1=O. The van der Waals surface area contributed by atoms with Gasteiger partial charge < -0.3 is 19.6 Å². The Bertz CT molecular complexity index is 1040. The zero-order valence-electron chi connectivity index (χ0n) is 17.8. The van der Waals surface area contributed by atoms with Crippen LogP contribution in [0.2, 0.25) is 0 Å². The fraction of sp³-hybridized carbons (Fsp3) is 0.524. The zero-order valence-corrected chi connectivity index (χ0v) is 17.8. The van der Waals surface area contributed by atoms with Gasteiger partial charge in [0.25, 0.3) is 0 Å². The van der Waals surface area contributed by atoms with Gasteiger partial charge in [-0.1, -0.05) is 6.07 Å². The van der Waals surface area contributed by atoms with E-state index >= 15 is 0 Å². The highest BCUT2D eigenvalue weighted by molar-refractivity contribution is 5.94. The Morgan fingerprint density at radius 3 is 2.59 bits per heavy atom. The molecule has 0 aromatic carbocycles. The Kier molecular flexibility index (Phi) is 5.22. The Labute approximate surface area is 184 Å². The van der Waals surface area contributed by atoms with Gasteiger partial charge in [0.1, 0.15) is 12.9 Å². The molecule has 0 bridgehead atoms. The van der Waals surface area contributed by atoms with Crippen LogP contribution in [0.5, 0.6) is 0 Å². The highest BCUT2D eigenvalue weighted by Gasteiger charge is 2.50. The largest absolute Gasteiger partial charge is 0.456 e. The third kappa shape index (κ3) is 3.56. The van der Waals surface area contributed by atoms with E-state index in [1.165, 1.54) is 11.0 Å². The van der Waals surface area contributed by atoms with Crippen LogP contribution in [0, 0.1) is 5.41 Å². The minimum absolute atomic E-state index is 0.104. The molecule has 32 heavy (non-hydrogen) atoms. The molecular weight excluding hydrogens is 414 g/mol. The van der Waals surface area contributed by atoms with Crippen molar-refractivity contribution in [1.82, 2.24) is 35.0 Å². The molecule has 3 aliphatic heterocycles. The second-order valence-corrected chi connectivity index (χ2v) is 8.66. The number of ether oxygens (including phenoxy) is 1. The minimum Gasteiger partial charge on any atom is -0.456 e. The molecule has 2 aromatic heterocycles. The second kappa shape index (κ2) is 8.06. The van der Waals surface area contributed by atoms with Crippen molar-refractivity contribution < 1.29 is 19.4 Å². The fourth-order valence-electron chi connectivity index (χ4n) is 4.80. The number of hydrogen-bond acceptors (Lipinski definition) is 9. The number of aromatic nitrogens is 5. The van der Waals surface area contributed by atoms with Crippen LogP contribution in [0.1, 0.15) is 37.9 Å². The number of pyridine rings is 1. The summed E-state index contributed by atoms with van der Waals surface area (Å²) >= 11 is 0. The van der Waals surface area contributed by atoms with Crippen LogP contribution in [0.4, 0.5) is 0 Å². The van der Waals surface area contributed by atoms with E-state index in [0.29, 0.717) is 30.2 Å². The van der Waals surface area contributed by atoms with Crippen molar-refractivity contribution >= 4 is 11.9 Å². The van der Waals surface area contributed by atoms with Crippen molar-refractivity contribution in [3.05, 3.63) is 41.5 Å². The molecule has 168 valence electrons. The maximum atomic E-state index is 13.2. The maximum absolute atomic E-state index is 13.2. The van der Waals surface area contributed by atoms with Crippen molar-refractivity contribution in [3.8, 4) is 5.82 Å². The number of rotatable bonds is 5. The number of carbonyl (C=O) groups excluding carboxylic acids is 2. The van der Waals surface area contributed by atoms with E-state index in [2.05, 4.69) is 25.4 Å². The molecule has 1 atom stereocenters. The van der Waals surface area contributed by atoms with Gasteiger partial charge in [0.15, 0.2) is 5.82 Å². The summed E-state index contributed by atoms with van der Waals surface area (Å²) in [5.74, 6) is 0.348. The summed E-state index contributed by atoms with van der Waals surface area (Å²) in [7, 11) is 0. The van der Waals surface area contributed by atoms with Crippen molar-refractivity contribution in [3.63, 3.8) is 0 Å². The first kappa shape index (κ1) is 20.7. The predicted octanol–water partition coefficient (Wildman–Crippen LogP) is 0.236. The molecule has 2 saturated heterocycles. The van der Waals surface area contributed by atoms with E-state index in [0.717, 1.165) is 37.9 Å². The van der Waals surface area contributed by atoms with E-state index in [1.807, 2.05) is 6.07 Å². The summed E-state index contributed by atoms with van der Waals surface area (Å²) in [4.78, 5) is 33.2.